The smallest absolute Gasteiger partial charge is 0.0558 e. The van der Waals surface area contributed by atoms with Crippen LogP contribution in [-0.2, 0) is 0 Å². The summed E-state index contributed by atoms with van der Waals surface area (Å²) < 4.78 is 0. The van der Waals surface area contributed by atoms with E-state index in [0.717, 1.165) is 12.2 Å². The minimum atomic E-state index is 0.540. The third-order valence-corrected chi connectivity index (χ3v) is 3.34. The molecule has 1 saturated carbocycles. The summed E-state index contributed by atoms with van der Waals surface area (Å²) in [6.07, 6.45) is 7.51. The lowest BCUT2D eigenvalue weighted by Crippen LogP contribution is -2.29. The van der Waals surface area contributed by atoms with Crippen molar-refractivity contribution in [1.82, 2.24) is 4.98 Å². The number of pyridine rings is 1. The van der Waals surface area contributed by atoms with E-state index >= 15 is 0 Å². The van der Waals surface area contributed by atoms with E-state index in [9.17, 15) is 0 Å². The number of aromatic nitrogens is 1. The zero-order valence-corrected chi connectivity index (χ0v) is 9.24. The van der Waals surface area contributed by atoms with Crippen molar-refractivity contribution in [2.24, 2.45) is 11.7 Å². The molecule has 0 spiro atoms. The van der Waals surface area contributed by atoms with E-state index in [2.05, 4.69) is 17.2 Å². The molecule has 82 valence electrons. The SMILES string of the molecule is Cc1ccncc1NC1CCCC1CN. The second kappa shape index (κ2) is 4.62. The molecule has 3 nitrogen and oxygen atoms in total. The van der Waals surface area contributed by atoms with Crippen molar-refractivity contribution in [2.45, 2.75) is 32.2 Å². The van der Waals surface area contributed by atoms with Crippen molar-refractivity contribution in [1.29, 1.82) is 0 Å². The zero-order chi connectivity index (χ0) is 10.7. The van der Waals surface area contributed by atoms with Gasteiger partial charge in [-0.1, -0.05) is 6.42 Å². The molecule has 2 rings (SSSR count). The summed E-state index contributed by atoms with van der Waals surface area (Å²) in [5.74, 6) is 0.629. The maximum atomic E-state index is 5.76. The fourth-order valence-electron chi connectivity index (χ4n) is 2.32. The van der Waals surface area contributed by atoms with Gasteiger partial charge >= 0.3 is 0 Å². The van der Waals surface area contributed by atoms with Gasteiger partial charge in [-0.15, -0.1) is 0 Å². The lowest BCUT2D eigenvalue weighted by molar-refractivity contribution is 0.516. The highest BCUT2D eigenvalue weighted by molar-refractivity contribution is 5.49. The first-order valence-electron chi connectivity index (χ1n) is 5.68. The summed E-state index contributed by atoms with van der Waals surface area (Å²) in [5, 5.41) is 3.57. The van der Waals surface area contributed by atoms with Crippen LogP contribution < -0.4 is 11.1 Å². The number of hydrogen-bond donors (Lipinski definition) is 2. The zero-order valence-electron chi connectivity index (χ0n) is 9.24. The van der Waals surface area contributed by atoms with Crippen LogP contribution in [0.15, 0.2) is 18.5 Å². The molecule has 0 aromatic carbocycles. The average molecular weight is 205 g/mol. The van der Waals surface area contributed by atoms with Gasteiger partial charge in [0, 0.05) is 12.2 Å². The molecule has 3 heteroatoms. The first-order valence-corrected chi connectivity index (χ1v) is 5.68. The van der Waals surface area contributed by atoms with E-state index in [-0.39, 0.29) is 0 Å². The van der Waals surface area contributed by atoms with Crippen LogP contribution in [0.5, 0.6) is 0 Å². The van der Waals surface area contributed by atoms with Crippen LogP contribution in [0.2, 0.25) is 0 Å². The van der Waals surface area contributed by atoms with E-state index in [1.807, 2.05) is 18.5 Å². The Morgan fingerprint density at radius 1 is 1.53 bits per heavy atom. The van der Waals surface area contributed by atoms with Gasteiger partial charge in [-0.2, -0.15) is 0 Å². The van der Waals surface area contributed by atoms with E-state index in [1.54, 1.807) is 0 Å². The number of anilines is 1. The van der Waals surface area contributed by atoms with Crippen LogP contribution in [0, 0.1) is 12.8 Å². The highest BCUT2D eigenvalue weighted by Crippen LogP contribution is 2.28. The molecule has 3 N–H and O–H groups in total. The van der Waals surface area contributed by atoms with Crippen LogP contribution in [0.25, 0.3) is 0 Å². The molecular formula is C12H19N3. The van der Waals surface area contributed by atoms with Crippen molar-refractivity contribution in [3.8, 4) is 0 Å². The van der Waals surface area contributed by atoms with Gasteiger partial charge in [-0.05, 0) is 43.9 Å². The molecule has 15 heavy (non-hydrogen) atoms. The molecule has 2 unspecified atom stereocenters. The lowest BCUT2D eigenvalue weighted by Gasteiger charge is -2.21. The third kappa shape index (κ3) is 2.29. The molecule has 0 radical (unpaired) electrons. The molecule has 2 atom stereocenters. The van der Waals surface area contributed by atoms with Crippen LogP contribution in [-0.4, -0.2) is 17.6 Å². The van der Waals surface area contributed by atoms with Crippen LogP contribution in [0.1, 0.15) is 24.8 Å². The molecule has 1 aliphatic carbocycles. The number of nitrogens with two attached hydrogens (primary N) is 1. The fourth-order valence-corrected chi connectivity index (χ4v) is 2.32. The van der Waals surface area contributed by atoms with Gasteiger partial charge in [0.2, 0.25) is 0 Å². The maximum absolute atomic E-state index is 5.76. The van der Waals surface area contributed by atoms with Crippen molar-refractivity contribution in [3.05, 3.63) is 24.0 Å². The monoisotopic (exact) mass is 205 g/mol. The van der Waals surface area contributed by atoms with Crippen LogP contribution >= 0.6 is 0 Å². The van der Waals surface area contributed by atoms with Gasteiger partial charge in [0.05, 0.1) is 11.9 Å². The molecule has 0 amide bonds. The summed E-state index contributed by atoms with van der Waals surface area (Å²) >= 11 is 0. The fraction of sp³-hybridized carbons (Fsp3) is 0.583. The second-order valence-corrected chi connectivity index (χ2v) is 4.37. The third-order valence-electron chi connectivity index (χ3n) is 3.34. The number of nitrogens with zero attached hydrogens (tertiary/aromatic N) is 1. The molecule has 1 heterocycles. The highest BCUT2D eigenvalue weighted by atomic mass is 15.0. The second-order valence-electron chi connectivity index (χ2n) is 4.37. The van der Waals surface area contributed by atoms with E-state index in [0.29, 0.717) is 12.0 Å². The Balaban J connectivity index is 2.05. The minimum absolute atomic E-state index is 0.540. The molecule has 1 aromatic rings. The first kappa shape index (κ1) is 10.4. The van der Waals surface area contributed by atoms with Crippen molar-refractivity contribution >= 4 is 5.69 Å². The van der Waals surface area contributed by atoms with Crippen molar-refractivity contribution in [3.63, 3.8) is 0 Å². The van der Waals surface area contributed by atoms with E-state index in [4.69, 9.17) is 5.73 Å². The largest absolute Gasteiger partial charge is 0.381 e. The van der Waals surface area contributed by atoms with Gasteiger partial charge in [0.15, 0.2) is 0 Å². The Kier molecular flexibility index (Phi) is 3.21. The molecule has 0 aliphatic heterocycles. The maximum Gasteiger partial charge on any atom is 0.0558 e. The predicted molar refractivity (Wildman–Crippen MR) is 62.8 cm³/mol. The van der Waals surface area contributed by atoms with Crippen LogP contribution in [0.3, 0.4) is 0 Å². The Bertz CT molecular complexity index is 324. The topological polar surface area (TPSA) is 50.9 Å². The van der Waals surface area contributed by atoms with E-state index < -0.39 is 0 Å². The Hall–Kier alpha value is -1.09. The lowest BCUT2D eigenvalue weighted by atomic mass is 10.0. The Labute approximate surface area is 91.1 Å². The van der Waals surface area contributed by atoms with Crippen molar-refractivity contribution in [2.75, 3.05) is 11.9 Å². The summed E-state index contributed by atoms with van der Waals surface area (Å²) in [5.41, 5.74) is 8.17. The standard InChI is InChI=1S/C12H19N3/c1-9-5-6-14-8-12(9)15-11-4-2-3-10(11)7-13/h5-6,8,10-11,15H,2-4,7,13H2,1H3. The van der Waals surface area contributed by atoms with Gasteiger partial charge in [0.1, 0.15) is 0 Å². The predicted octanol–water partition coefficient (Wildman–Crippen LogP) is 1.93. The quantitative estimate of drug-likeness (QED) is 0.792. The first-order chi connectivity index (χ1) is 7.31. The molecule has 1 aliphatic rings. The summed E-state index contributed by atoms with van der Waals surface area (Å²) in [4.78, 5) is 4.14. The molecule has 1 aromatic heterocycles. The van der Waals surface area contributed by atoms with Crippen molar-refractivity contribution < 1.29 is 0 Å². The number of rotatable bonds is 3. The Morgan fingerprint density at radius 3 is 3.13 bits per heavy atom. The minimum Gasteiger partial charge on any atom is -0.381 e. The van der Waals surface area contributed by atoms with Crippen LogP contribution in [0.4, 0.5) is 5.69 Å². The van der Waals surface area contributed by atoms with Gasteiger partial charge in [-0.25, -0.2) is 0 Å². The molecular weight excluding hydrogens is 186 g/mol. The highest BCUT2D eigenvalue weighted by Gasteiger charge is 2.25. The molecule has 1 fully saturated rings. The number of nitrogens with one attached hydrogen (secondary N) is 1. The van der Waals surface area contributed by atoms with Gasteiger partial charge in [0.25, 0.3) is 0 Å². The van der Waals surface area contributed by atoms with Gasteiger partial charge < -0.3 is 11.1 Å². The summed E-state index contributed by atoms with van der Waals surface area (Å²) in [7, 11) is 0. The normalized spacial score (nSPS) is 25.5. The molecule has 0 bridgehead atoms. The Morgan fingerprint density at radius 2 is 2.40 bits per heavy atom. The average Bonchev–Trinajstić information content (AvgIpc) is 2.69. The molecule has 0 saturated heterocycles. The van der Waals surface area contributed by atoms with Gasteiger partial charge in [-0.3, -0.25) is 4.98 Å². The summed E-state index contributed by atoms with van der Waals surface area (Å²) in [6.45, 7) is 2.90. The van der Waals surface area contributed by atoms with E-state index in [1.165, 1.54) is 24.8 Å². The number of hydrogen-bond acceptors (Lipinski definition) is 3. The number of aryl methyl sites for hydroxylation is 1. The summed E-state index contributed by atoms with van der Waals surface area (Å²) in [6, 6.07) is 2.58.